The molecule has 0 saturated heterocycles. The Morgan fingerprint density at radius 2 is 1.67 bits per heavy atom. The molecule has 4 aliphatic carbocycles. The van der Waals surface area contributed by atoms with Gasteiger partial charge in [-0.05, 0) is 80.1 Å². The summed E-state index contributed by atoms with van der Waals surface area (Å²) in [5.41, 5.74) is 0. The molecule has 4 saturated carbocycles. The molecule has 4 bridgehead atoms. The fraction of sp³-hybridized carbons (Fsp3) is 0.636. The molecule has 0 spiro atoms. The van der Waals surface area contributed by atoms with E-state index in [4.69, 9.17) is 4.74 Å². The van der Waals surface area contributed by atoms with Gasteiger partial charge in [0.1, 0.15) is 0 Å². The number of carbonyl (C=O) groups excluding carboxylic acids is 2. The van der Waals surface area contributed by atoms with Crippen molar-refractivity contribution in [2.24, 2.45) is 29.6 Å². The summed E-state index contributed by atoms with van der Waals surface area (Å²) in [5.74, 6) is 3.39. The molecule has 0 atom stereocenters. The molecule has 0 aliphatic heterocycles. The summed E-state index contributed by atoms with van der Waals surface area (Å²) in [6, 6.07) is 10.2. The number of esters is 1. The van der Waals surface area contributed by atoms with Crippen LogP contribution in [0.15, 0.2) is 35.2 Å². The van der Waals surface area contributed by atoms with Crippen LogP contribution in [0, 0.1) is 29.6 Å². The fourth-order valence-corrected chi connectivity index (χ4v) is 6.47. The van der Waals surface area contributed by atoms with Gasteiger partial charge in [-0.25, -0.2) is 0 Å². The summed E-state index contributed by atoms with van der Waals surface area (Å²) >= 11 is 1.79. The van der Waals surface area contributed by atoms with E-state index in [-0.39, 0.29) is 24.4 Å². The lowest BCUT2D eigenvalue weighted by atomic mass is 9.52. The summed E-state index contributed by atoms with van der Waals surface area (Å²) in [6.45, 7) is 0.488. The van der Waals surface area contributed by atoms with E-state index in [0.717, 1.165) is 24.0 Å². The van der Waals surface area contributed by atoms with E-state index >= 15 is 0 Å². The van der Waals surface area contributed by atoms with Crippen molar-refractivity contribution in [1.29, 1.82) is 0 Å². The summed E-state index contributed by atoms with van der Waals surface area (Å²) in [5, 5.41) is 2.86. The van der Waals surface area contributed by atoms with Crippen LogP contribution >= 0.6 is 11.8 Å². The zero-order valence-corrected chi connectivity index (χ0v) is 16.6. The van der Waals surface area contributed by atoms with Crippen molar-refractivity contribution in [3.63, 3.8) is 0 Å². The van der Waals surface area contributed by atoms with E-state index in [1.165, 1.54) is 37.0 Å². The third kappa shape index (κ3) is 4.68. The number of ether oxygens (including phenoxy) is 1. The second-order valence-electron chi connectivity index (χ2n) is 8.43. The van der Waals surface area contributed by atoms with E-state index in [1.54, 1.807) is 11.8 Å². The Hall–Kier alpha value is -1.49. The van der Waals surface area contributed by atoms with Crippen molar-refractivity contribution in [2.45, 2.75) is 43.4 Å². The Labute approximate surface area is 165 Å². The van der Waals surface area contributed by atoms with E-state index in [0.29, 0.717) is 18.4 Å². The molecule has 146 valence electrons. The zero-order chi connectivity index (χ0) is 18.6. The first-order chi connectivity index (χ1) is 13.2. The minimum Gasteiger partial charge on any atom is -0.455 e. The number of rotatable bonds is 8. The predicted molar refractivity (Wildman–Crippen MR) is 106 cm³/mol. The van der Waals surface area contributed by atoms with Gasteiger partial charge in [0.15, 0.2) is 6.61 Å². The van der Waals surface area contributed by atoms with Gasteiger partial charge in [0.05, 0.1) is 5.92 Å². The first-order valence-electron chi connectivity index (χ1n) is 10.3. The number of nitrogens with one attached hydrogen (secondary N) is 1. The van der Waals surface area contributed by atoms with E-state index in [2.05, 4.69) is 17.4 Å². The summed E-state index contributed by atoms with van der Waals surface area (Å²) in [7, 11) is 0. The zero-order valence-electron chi connectivity index (χ0n) is 15.8. The number of amides is 1. The lowest BCUT2D eigenvalue weighted by Gasteiger charge is -2.53. The number of hydrogen-bond acceptors (Lipinski definition) is 4. The standard InChI is InChI=1S/C22H29NO3S/c24-20(23-7-4-8-27-19-5-2-1-3-6-19)14-26-22(25)21-17-10-15-9-16(12-17)13-18(21)11-15/h1-3,5-6,15-18,21H,4,7-14H2,(H,23,24). The van der Waals surface area contributed by atoms with Gasteiger partial charge >= 0.3 is 5.97 Å². The summed E-state index contributed by atoms with van der Waals surface area (Å²) in [4.78, 5) is 25.8. The van der Waals surface area contributed by atoms with E-state index in [9.17, 15) is 9.59 Å². The summed E-state index contributed by atoms with van der Waals surface area (Å²) < 4.78 is 5.40. The van der Waals surface area contributed by atoms with Crippen LogP contribution in [0.25, 0.3) is 0 Å². The van der Waals surface area contributed by atoms with Gasteiger partial charge < -0.3 is 10.1 Å². The molecular formula is C22H29NO3S. The Balaban J connectivity index is 1.12. The van der Waals surface area contributed by atoms with Gasteiger partial charge in [-0.1, -0.05) is 18.2 Å². The number of thioether (sulfide) groups is 1. The number of carbonyl (C=O) groups is 2. The van der Waals surface area contributed by atoms with Crippen molar-refractivity contribution >= 4 is 23.6 Å². The molecule has 0 radical (unpaired) electrons. The van der Waals surface area contributed by atoms with Crippen molar-refractivity contribution in [3.05, 3.63) is 30.3 Å². The highest BCUT2D eigenvalue weighted by Gasteiger charge is 2.51. The Morgan fingerprint density at radius 3 is 2.33 bits per heavy atom. The van der Waals surface area contributed by atoms with E-state index in [1.807, 2.05) is 18.2 Å². The van der Waals surface area contributed by atoms with Crippen LogP contribution in [-0.2, 0) is 14.3 Å². The highest BCUT2D eigenvalue weighted by molar-refractivity contribution is 7.99. The maximum atomic E-state index is 12.6. The topological polar surface area (TPSA) is 55.4 Å². The first kappa shape index (κ1) is 18.9. The van der Waals surface area contributed by atoms with Gasteiger partial charge in [-0.2, -0.15) is 0 Å². The molecule has 5 heteroatoms. The monoisotopic (exact) mass is 387 g/mol. The minimum atomic E-state index is -0.183. The van der Waals surface area contributed by atoms with Crippen LogP contribution in [0.1, 0.15) is 38.5 Å². The maximum absolute atomic E-state index is 12.6. The molecule has 1 aromatic rings. The average molecular weight is 388 g/mol. The number of benzene rings is 1. The lowest BCUT2D eigenvalue weighted by molar-refractivity contribution is -0.164. The van der Waals surface area contributed by atoms with Crippen molar-refractivity contribution in [3.8, 4) is 0 Å². The van der Waals surface area contributed by atoms with Crippen LogP contribution in [0.5, 0.6) is 0 Å². The molecule has 4 fully saturated rings. The Bertz CT molecular complexity index is 635. The van der Waals surface area contributed by atoms with Crippen molar-refractivity contribution in [1.82, 2.24) is 5.32 Å². The Kier molecular flexibility index (Phi) is 6.06. The summed E-state index contributed by atoms with van der Waals surface area (Å²) in [6.07, 6.45) is 7.04. The van der Waals surface area contributed by atoms with Crippen LogP contribution in [0.4, 0.5) is 0 Å². The smallest absolute Gasteiger partial charge is 0.310 e. The maximum Gasteiger partial charge on any atom is 0.310 e. The third-order valence-corrected chi connectivity index (χ3v) is 7.60. The average Bonchev–Trinajstić information content (AvgIpc) is 2.66. The normalized spacial score (nSPS) is 30.9. The molecule has 5 rings (SSSR count). The Morgan fingerprint density at radius 1 is 1.00 bits per heavy atom. The highest BCUT2D eigenvalue weighted by atomic mass is 32.2. The van der Waals surface area contributed by atoms with Gasteiger partial charge in [-0.3, -0.25) is 9.59 Å². The molecule has 4 aliphatic rings. The minimum absolute atomic E-state index is 0.0490. The molecule has 1 amide bonds. The van der Waals surface area contributed by atoms with Crippen LogP contribution in [0.2, 0.25) is 0 Å². The van der Waals surface area contributed by atoms with Gasteiger partial charge in [-0.15, -0.1) is 11.8 Å². The molecule has 4 nitrogen and oxygen atoms in total. The second-order valence-corrected chi connectivity index (χ2v) is 9.60. The predicted octanol–water partition coefficient (Wildman–Crippen LogP) is 3.90. The second kappa shape index (κ2) is 8.68. The van der Waals surface area contributed by atoms with Crippen molar-refractivity contribution in [2.75, 3.05) is 18.9 Å². The molecule has 27 heavy (non-hydrogen) atoms. The lowest BCUT2D eigenvalue weighted by Crippen LogP contribution is -2.48. The van der Waals surface area contributed by atoms with Crippen LogP contribution in [-0.4, -0.2) is 30.8 Å². The van der Waals surface area contributed by atoms with Gasteiger partial charge in [0, 0.05) is 11.4 Å². The molecule has 0 aromatic heterocycles. The number of hydrogen-bond donors (Lipinski definition) is 1. The highest BCUT2D eigenvalue weighted by Crippen LogP contribution is 2.56. The molecule has 0 unspecified atom stereocenters. The van der Waals surface area contributed by atoms with Crippen LogP contribution < -0.4 is 5.32 Å². The fourth-order valence-electron chi connectivity index (χ4n) is 5.60. The van der Waals surface area contributed by atoms with Gasteiger partial charge in [0.2, 0.25) is 0 Å². The first-order valence-corrected chi connectivity index (χ1v) is 11.3. The SMILES string of the molecule is O=C(COC(=O)C1C2CC3CC(C2)CC1C3)NCCCSc1ccccc1. The van der Waals surface area contributed by atoms with Crippen LogP contribution in [0.3, 0.4) is 0 Å². The molecule has 0 heterocycles. The third-order valence-electron chi connectivity index (χ3n) is 6.50. The molecular weight excluding hydrogens is 358 g/mol. The molecule has 1 N–H and O–H groups in total. The quantitative estimate of drug-likeness (QED) is 0.418. The van der Waals surface area contributed by atoms with Gasteiger partial charge in [0.25, 0.3) is 5.91 Å². The molecule has 1 aromatic carbocycles. The van der Waals surface area contributed by atoms with E-state index < -0.39 is 0 Å². The largest absolute Gasteiger partial charge is 0.455 e. The van der Waals surface area contributed by atoms with Crippen molar-refractivity contribution < 1.29 is 14.3 Å².